The second-order valence-electron chi connectivity index (χ2n) is 12.2. The highest BCUT2D eigenvalue weighted by molar-refractivity contribution is 5.63. The number of benzene rings is 1. The van der Waals surface area contributed by atoms with E-state index in [4.69, 9.17) is 4.74 Å². The predicted molar refractivity (Wildman–Crippen MR) is 140 cm³/mol. The third kappa shape index (κ3) is 5.53. The van der Waals surface area contributed by atoms with Crippen molar-refractivity contribution in [3.63, 3.8) is 0 Å². The highest BCUT2D eigenvalue weighted by Gasteiger charge is 2.31. The van der Waals surface area contributed by atoms with Crippen LogP contribution in [0.25, 0.3) is 0 Å². The fraction of sp³-hybridized carbons (Fsp3) is 0.793. The second-order valence-corrected chi connectivity index (χ2v) is 12.2. The van der Waals surface area contributed by atoms with E-state index >= 15 is 0 Å². The Morgan fingerprint density at radius 3 is 2.15 bits per heavy atom. The standard InChI is InChI=1S/C29H47N3O/c1-29(2)13-9-24(10-14-29)27-21-25(31-15-11-26(33-3)12-16-31)7-8-28(27)32-19-17-30(18-20-32)22-23-5-4-6-23/h7-8,21,23-24,26H,4-6,9-20,22H2,1-3H3. The number of piperidine rings is 1. The maximum Gasteiger partial charge on any atom is 0.0605 e. The molecule has 0 atom stereocenters. The Morgan fingerprint density at radius 1 is 0.848 bits per heavy atom. The van der Waals surface area contributed by atoms with E-state index < -0.39 is 0 Å². The Balaban J connectivity index is 1.32. The predicted octanol–water partition coefficient (Wildman–Crippen LogP) is 5.91. The summed E-state index contributed by atoms with van der Waals surface area (Å²) in [5.74, 6) is 1.71. The molecule has 33 heavy (non-hydrogen) atoms. The van der Waals surface area contributed by atoms with Crippen LogP contribution in [0.15, 0.2) is 18.2 Å². The Labute approximate surface area is 202 Å². The van der Waals surface area contributed by atoms with Gasteiger partial charge in [-0.15, -0.1) is 0 Å². The van der Waals surface area contributed by atoms with Crippen molar-refractivity contribution in [1.29, 1.82) is 0 Å². The van der Waals surface area contributed by atoms with Gasteiger partial charge in [0.25, 0.3) is 0 Å². The molecule has 0 radical (unpaired) electrons. The minimum atomic E-state index is 0.441. The number of hydrogen-bond donors (Lipinski definition) is 0. The Bertz CT molecular complexity index is 763. The number of rotatable bonds is 6. The first-order valence-electron chi connectivity index (χ1n) is 13.9. The van der Waals surface area contributed by atoms with Crippen molar-refractivity contribution in [1.82, 2.24) is 4.90 Å². The van der Waals surface area contributed by atoms with Gasteiger partial charge in [-0.1, -0.05) is 20.3 Å². The summed E-state index contributed by atoms with van der Waals surface area (Å²) in [6.07, 6.45) is 12.5. The quantitative estimate of drug-likeness (QED) is 0.533. The van der Waals surface area contributed by atoms with Gasteiger partial charge in [-0.25, -0.2) is 0 Å². The third-order valence-electron chi connectivity index (χ3n) is 9.38. The molecule has 4 aliphatic rings. The van der Waals surface area contributed by atoms with Gasteiger partial charge in [-0.3, -0.25) is 4.90 Å². The molecule has 2 heterocycles. The van der Waals surface area contributed by atoms with Crippen LogP contribution < -0.4 is 9.80 Å². The molecule has 1 aromatic rings. The molecular weight excluding hydrogens is 406 g/mol. The number of ether oxygens (including phenoxy) is 1. The smallest absolute Gasteiger partial charge is 0.0605 e. The number of methoxy groups -OCH3 is 1. The van der Waals surface area contributed by atoms with Crippen LogP contribution in [0.1, 0.15) is 83.1 Å². The van der Waals surface area contributed by atoms with Crippen molar-refractivity contribution in [2.75, 3.05) is 62.7 Å². The molecule has 0 unspecified atom stereocenters. The third-order valence-corrected chi connectivity index (χ3v) is 9.38. The van der Waals surface area contributed by atoms with Gasteiger partial charge < -0.3 is 14.5 Å². The molecule has 2 saturated carbocycles. The van der Waals surface area contributed by atoms with Gasteiger partial charge in [0.15, 0.2) is 0 Å². The molecule has 184 valence electrons. The zero-order valence-corrected chi connectivity index (χ0v) is 21.5. The van der Waals surface area contributed by atoms with E-state index in [1.807, 2.05) is 7.11 Å². The van der Waals surface area contributed by atoms with E-state index in [9.17, 15) is 0 Å². The largest absolute Gasteiger partial charge is 0.381 e. The van der Waals surface area contributed by atoms with E-state index in [1.165, 1.54) is 83.4 Å². The van der Waals surface area contributed by atoms with Crippen LogP contribution in [0.3, 0.4) is 0 Å². The van der Waals surface area contributed by atoms with Gasteiger partial charge in [0.2, 0.25) is 0 Å². The van der Waals surface area contributed by atoms with Crippen molar-refractivity contribution in [2.24, 2.45) is 11.3 Å². The maximum atomic E-state index is 5.62. The summed E-state index contributed by atoms with van der Waals surface area (Å²) in [5.41, 5.74) is 5.14. The fourth-order valence-electron chi connectivity index (χ4n) is 6.63. The Kier molecular flexibility index (Phi) is 7.23. The molecule has 4 nitrogen and oxygen atoms in total. The van der Waals surface area contributed by atoms with E-state index in [0.717, 1.165) is 37.8 Å². The van der Waals surface area contributed by atoms with Gasteiger partial charge >= 0.3 is 0 Å². The summed E-state index contributed by atoms with van der Waals surface area (Å²) in [5, 5.41) is 0. The molecule has 5 rings (SSSR count). The summed E-state index contributed by atoms with van der Waals surface area (Å²) in [7, 11) is 1.86. The summed E-state index contributed by atoms with van der Waals surface area (Å²) >= 11 is 0. The summed E-state index contributed by atoms with van der Waals surface area (Å²) in [6.45, 7) is 13.4. The highest BCUT2D eigenvalue weighted by atomic mass is 16.5. The van der Waals surface area contributed by atoms with Crippen molar-refractivity contribution >= 4 is 11.4 Å². The number of anilines is 2. The van der Waals surface area contributed by atoms with Crippen LogP contribution in [-0.4, -0.2) is 63.9 Å². The first kappa shape index (κ1) is 23.5. The molecule has 4 fully saturated rings. The molecule has 0 amide bonds. The molecule has 1 aromatic carbocycles. The summed E-state index contributed by atoms with van der Waals surface area (Å²) < 4.78 is 5.62. The maximum absolute atomic E-state index is 5.62. The highest BCUT2D eigenvalue weighted by Crippen LogP contribution is 2.46. The zero-order valence-electron chi connectivity index (χ0n) is 21.5. The molecule has 2 saturated heterocycles. The van der Waals surface area contributed by atoms with E-state index in [0.29, 0.717) is 11.5 Å². The van der Waals surface area contributed by atoms with Crippen molar-refractivity contribution < 1.29 is 4.74 Å². The minimum Gasteiger partial charge on any atom is -0.381 e. The van der Waals surface area contributed by atoms with Gasteiger partial charge in [0.1, 0.15) is 0 Å². The topological polar surface area (TPSA) is 19.0 Å². The van der Waals surface area contributed by atoms with Crippen molar-refractivity contribution in [2.45, 2.75) is 83.7 Å². The zero-order chi connectivity index (χ0) is 22.8. The van der Waals surface area contributed by atoms with Gasteiger partial charge in [-0.05, 0) is 92.4 Å². The van der Waals surface area contributed by atoms with Crippen LogP contribution in [0.5, 0.6) is 0 Å². The van der Waals surface area contributed by atoms with E-state index in [2.05, 4.69) is 46.7 Å². The van der Waals surface area contributed by atoms with Crippen LogP contribution in [0.4, 0.5) is 11.4 Å². The average Bonchev–Trinajstić information content (AvgIpc) is 2.82. The number of nitrogens with zero attached hydrogens (tertiary/aromatic N) is 3. The fourth-order valence-corrected chi connectivity index (χ4v) is 6.63. The summed E-state index contributed by atoms with van der Waals surface area (Å²) in [6, 6.07) is 7.49. The molecule has 2 aliphatic heterocycles. The average molecular weight is 454 g/mol. The first-order valence-corrected chi connectivity index (χ1v) is 13.9. The second kappa shape index (κ2) is 10.2. The minimum absolute atomic E-state index is 0.441. The number of hydrogen-bond acceptors (Lipinski definition) is 4. The first-order chi connectivity index (χ1) is 16.0. The van der Waals surface area contributed by atoms with E-state index in [-0.39, 0.29) is 0 Å². The SMILES string of the molecule is COC1CCN(c2ccc(N3CCN(CC4CCC4)CC3)c(C3CCC(C)(C)CC3)c2)CC1. The Morgan fingerprint density at radius 2 is 1.55 bits per heavy atom. The molecule has 0 bridgehead atoms. The Hall–Kier alpha value is -1.26. The monoisotopic (exact) mass is 453 g/mol. The summed E-state index contributed by atoms with van der Waals surface area (Å²) in [4.78, 5) is 8.05. The number of piperazine rings is 1. The van der Waals surface area contributed by atoms with Crippen molar-refractivity contribution in [3.8, 4) is 0 Å². The van der Waals surface area contributed by atoms with Gasteiger partial charge in [0, 0.05) is 64.3 Å². The normalized spacial score (nSPS) is 25.9. The van der Waals surface area contributed by atoms with E-state index in [1.54, 1.807) is 11.3 Å². The molecule has 2 aliphatic carbocycles. The lowest BCUT2D eigenvalue weighted by Gasteiger charge is -2.42. The molecule has 0 aromatic heterocycles. The van der Waals surface area contributed by atoms with Crippen LogP contribution in [0, 0.1) is 11.3 Å². The van der Waals surface area contributed by atoms with Crippen LogP contribution in [0.2, 0.25) is 0 Å². The molecule has 4 heteroatoms. The lowest BCUT2D eigenvalue weighted by molar-refractivity contribution is 0.0819. The molecular formula is C29H47N3O. The lowest BCUT2D eigenvalue weighted by Crippen LogP contribution is -2.48. The van der Waals surface area contributed by atoms with Crippen molar-refractivity contribution in [3.05, 3.63) is 23.8 Å². The molecule has 0 spiro atoms. The van der Waals surface area contributed by atoms with Gasteiger partial charge in [-0.2, -0.15) is 0 Å². The lowest BCUT2D eigenvalue weighted by atomic mass is 9.71. The van der Waals surface area contributed by atoms with Gasteiger partial charge in [0.05, 0.1) is 6.10 Å². The van der Waals surface area contributed by atoms with Crippen LogP contribution in [-0.2, 0) is 4.74 Å². The molecule has 0 N–H and O–H groups in total. The van der Waals surface area contributed by atoms with Crippen LogP contribution >= 0.6 is 0 Å².